The molecule has 15 heavy (non-hydrogen) atoms. The fraction of sp³-hybridized carbons (Fsp3) is 0.727. The van der Waals surface area contributed by atoms with E-state index in [1.807, 2.05) is 13.8 Å². The van der Waals surface area contributed by atoms with Gasteiger partial charge in [-0.2, -0.15) is 0 Å². The number of piperazine rings is 1. The van der Waals surface area contributed by atoms with E-state index in [-0.39, 0.29) is 0 Å². The van der Waals surface area contributed by atoms with Crippen molar-refractivity contribution >= 4 is 0 Å². The van der Waals surface area contributed by atoms with E-state index in [9.17, 15) is 0 Å². The van der Waals surface area contributed by atoms with Crippen LogP contribution in [0, 0.1) is 13.8 Å². The molecule has 1 aliphatic rings. The van der Waals surface area contributed by atoms with Gasteiger partial charge in [0.2, 0.25) is 0 Å². The summed E-state index contributed by atoms with van der Waals surface area (Å²) in [6.45, 7) is 9.50. The molecule has 0 amide bonds. The Hall–Kier alpha value is -0.870. The summed E-state index contributed by atoms with van der Waals surface area (Å²) in [5, 5.41) is 3.35. The molecular formula is C11H19N3O. The summed E-state index contributed by atoms with van der Waals surface area (Å²) < 4.78 is 5.55. The summed E-state index contributed by atoms with van der Waals surface area (Å²) in [6, 6.07) is 0. The van der Waals surface area contributed by atoms with E-state index in [0.29, 0.717) is 0 Å². The van der Waals surface area contributed by atoms with Crippen LogP contribution < -0.4 is 5.32 Å². The molecule has 1 aliphatic heterocycles. The van der Waals surface area contributed by atoms with Crippen LogP contribution in [0.5, 0.6) is 0 Å². The van der Waals surface area contributed by atoms with E-state index in [2.05, 4.69) is 15.2 Å². The number of hydrogen-bond acceptors (Lipinski definition) is 4. The molecule has 0 atom stereocenters. The van der Waals surface area contributed by atoms with Crippen LogP contribution >= 0.6 is 0 Å². The summed E-state index contributed by atoms with van der Waals surface area (Å²) in [5.74, 6) is 1.83. The van der Waals surface area contributed by atoms with Gasteiger partial charge in [-0.3, -0.25) is 0 Å². The molecule has 0 unspecified atom stereocenters. The average Bonchev–Trinajstić information content (AvgIpc) is 2.57. The van der Waals surface area contributed by atoms with E-state index in [1.54, 1.807) is 0 Å². The first kappa shape index (κ1) is 10.6. The number of rotatable bonds is 3. The third-order valence-electron chi connectivity index (χ3n) is 2.92. The van der Waals surface area contributed by atoms with Crippen molar-refractivity contribution in [2.24, 2.45) is 0 Å². The summed E-state index contributed by atoms with van der Waals surface area (Å²) in [6.07, 6.45) is 0.925. The SMILES string of the molecule is Cc1nc(CCN2CCNCC2)oc1C. The Morgan fingerprint density at radius 3 is 2.67 bits per heavy atom. The lowest BCUT2D eigenvalue weighted by molar-refractivity contribution is 0.237. The Labute approximate surface area is 90.7 Å². The zero-order chi connectivity index (χ0) is 10.7. The van der Waals surface area contributed by atoms with Crippen LogP contribution in [0.3, 0.4) is 0 Å². The largest absolute Gasteiger partial charge is 0.446 e. The molecule has 0 spiro atoms. The molecule has 1 saturated heterocycles. The van der Waals surface area contributed by atoms with Crippen LogP contribution in [0.15, 0.2) is 4.42 Å². The zero-order valence-electron chi connectivity index (χ0n) is 9.55. The van der Waals surface area contributed by atoms with E-state index >= 15 is 0 Å². The minimum Gasteiger partial charge on any atom is -0.446 e. The second-order valence-electron chi connectivity index (χ2n) is 4.09. The summed E-state index contributed by atoms with van der Waals surface area (Å²) in [4.78, 5) is 6.84. The van der Waals surface area contributed by atoms with Gasteiger partial charge in [-0.05, 0) is 13.8 Å². The summed E-state index contributed by atoms with van der Waals surface area (Å²) in [5.41, 5.74) is 1.02. The molecule has 1 aromatic heterocycles. The Bertz CT molecular complexity index is 296. The molecule has 4 nitrogen and oxygen atoms in total. The van der Waals surface area contributed by atoms with Gasteiger partial charge in [-0.25, -0.2) is 4.98 Å². The molecule has 1 N–H and O–H groups in total. The molecular weight excluding hydrogens is 190 g/mol. The van der Waals surface area contributed by atoms with Crippen molar-refractivity contribution < 1.29 is 4.42 Å². The molecule has 0 aliphatic carbocycles. The lowest BCUT2D eigenvalue weighted by atomic mass is 10.3. The van der Waals surface area contributed by atoms with Crippen molar-refractivity contribution in [2.75, 3.05) is 32.7 Å². The summed E-state index contributed by atoms with van der Waals surface area (Å²) in [7, 11) is 0. The van der Waals surface area contributed by atoms with E-state index in [4.69, 9.17) is 4.42 Å². The highest BCUT2D eigenvalue weighted by molar-refractivity contribution is 5.05. The maximum absolute atomic E-state index is 5.55. The van der Waals surface area contributed by atoms with Gasteiger partial charge in [0.25, 0.3) is 0 Å². The number of oxazole rings is 1. The van der Waals surface area contributed by atoms with E-state index < -0.39 is 0 Å². The molecule has 2 heterocycles. The Morgan fingerprint density at radius 1 is 1.33 bits per heavy atom. The van der Waals surface area contributed by atoms with Crippen LogP contribution in [0.1, 0.15) is 17.3 Å². The van der Waals surface area contributed by atoms with Crippen molar-refractivity contribution in [3.8, 4) is 0 Å². The zero-order valence-corrected chi connectivity index (χ0v) is 9.55. The lowest BCUT2D eigenvalue weighted by Gasteiger charge is -2.26. The lowest BCUT2D eigenvalue weighted by Crippen LogP contribution is -2.44. The van der Waals surface area contributed by atoms with Crippen LogP contribution in [0.25, 0.3) is 0 Å². The third kappa shape index (κ3) is 2.79. The van der Waals surface area contributed by atoms with Crippen molar-refractivity contribution in [2.45, 2.75) is 20.3 Å². The first-order valence-corrected chi connectivity index (χ1v) is 5.61. The van der Waals surface area contributed by atoms with E-state index in [1.165, 1.54) is 0 Å². The second kappa shape index (κ2) is 4.77. The standard InChI is InChI=1S/C11H19N3O/c1-9-10(2)15-11(13-9)3-6-14-7-4-12-5-8-14/h12H,3-8H2,1-2H3. The highest BCUT2D eigenvalue weighted by Crippen LogP contribution is 2.09. The van der Waals surface area contributed by atoms with Crippen molar-refractivity contribution in [3.05, 3.63) is 17.3 Å². The van der Waals surface area contributed by atoms with Gasteiger partial charge in [-0.1, -0.05) is 0 Å². The molecule has 0 aromatic carbocycles. The Balaban J connectivity index is 1.81. The first-order chi connectivity index (χ1) is 7.25. The number of hydrogen-bond donors (Lipinski definition) is 1. The number of aryl methyl sites for hydroxylation is 2. The van der Waals surface area contributed by atoms with Gasteiger partial charge in [-0.15, -0.1) is 0 Å². The van der Waals surface area contributed by atoms with Gasteiger partial charge >= 0.3 is 0 Å². The fourth-order valence-electron chi connectivity index (χ4n) is 1.83. The highest BCUT2D eigenvalue weighted by Gasteiger charge is 2.11. The predicted octanol–water partition coefficient (Wildman–Crippen LogP) is 0.739. The first-order valence-electron chi connectivity index (χ1n) is 5.61. The van der Waals surface area contributed by atoms with Gasteiger partial charge in [0, 0.05) is 39.1 Å². The van der Waals surface area contributed by atoms with E-state index in [0.717, 1.165) is 56.5 Å². The monoisotopic (exact) mass is 209 g/mol. The van der Waals surface area contributed by atoms with Gasteiger partial charge < -0.3 is 14.6 Å². The highest BCUT2D eigenvalue weighted by atomic mass is 16.4. The van der Waals surface area contributed by atoms with Crippen LogP contribution in [0.2, 0.25) is 0 Å². The third-order valence-corrected chi connectivity index (χ3v) is 2.92. The molecule has 84 valence electrons. The topological polar surface area (TPSA) is 41.3 Å². The smallest absolute Gasteiger partial charge is 0.195 e. The quantitative estimate of drug-likeness (QED) is 0.797. The number of nitrogens with one attached hydrogen (secondary N) is 1. The predicted molar refractivity (Wildman–Crippen MR) is 59.0 cm³/mol. The maximum Gasteiger partial charge on any atom is 0.195 e. The van der Waals surface area contributed by atoms with Crippen LogP contribution in [-0.4, -0.2) is 42.6 Å². The molecule has 1 fully saturated rings. The molecule has 0 radical (unpaired) electrons. The normalized spacial score (nSPS) is 18.3. The average molecular weight is 209 g/mol. The number of nitrogens with zero attached hydrogens (tertiary/aromatic N) is 2. The van der Waals surface area contributed by atoms with Gasteiger partial charge in [0.05, 0.1) is 5.69 Å². The van der Waals surface area contributed by atoms with Crippen LogP contribution in [-0.2, 0) is 6.42 Å². The molecule has 0 bridgehead atoms. The molecule has 1 aromatic rings. The van der Waals surface area contributed by atoms with Gasteiger partial charge in [0.1, 0.15) is 5.76 Å². The Kier molecular flexibility index (Phi) is 3.38. The Morgan fingerprint density at radius 2 is 2.07 bits per heavy atom. The van der Waals surface area contributed by atoms with Crippen molar-refractivity contribution in [1.29, 1.82) is 0 Å². The van der Waals surface area contributed by atoms with Gasteiger partial charge in [0.15, 0.2) is 5.89 Å². The van der Waals surface area contributed by atoms with Crippen LogP contribution in [0.4, 0.5) is 0 Å². The number of aromatic nitrogens is 1. The van der Waals surface area contributed by atoms with Crippen molar-refractivity contribution in [1.82, 2.24) is 15.2 Å². The summed E-state index contributed by atoms with van der Waals surface area (Å²) >= 11 is 0. The maximum atomic E-state index is 5.55. The fourth-order valence-corrected chi connectivity index (χ4v) is 1.83. The minimum atomic E-state index is 0.878. The molecule has 0 saturated carbocycles. The molecule has 2 rings (SSSR count). The molecule has 4 heteroatoms. The minimum absolute atomic E-state index is 0.878. The van der Waals surface area contributed by atoms with Crippen molar-refractivity contribution in [3.63, 3.8) is 0 Å². The second-order valence-corrected chi connectivity index (χ2v) is 4.09.